The van der Waals surface area contributed by atoms with E-state index in [4.69, 9.17) is 20.8 Å². The number of amides is 1. The Bertz CT molecular complexity index is 788. The van der Waals surface area contributed by atoms with Crippen molar-refractivity contribution in [1.82, 2.24) is 10.2 Å². The Morgan fingerprint density at radius 2 is 1.83 bits per heavy atom. The van der Waals surface area contributed by atoms with Crippen molar-refractivity contribution in [2.75, 3.05) is 11.9 Å². The number of nitrogens with zero attached hydrogens (tertiary/aromatic N) is 2. The molecule has 6 nitrogen and oxygen atoms in total. The van der Waals surface area contributed by atoms with Gasteiger partial charge in [0.2, 0.25) is 5.89 Å². The van der Waals surface area contributed by atoms with Gasteiger partial charge in [-0.3, -0.25) is 10.1 Å². The Morgan fingerprint density at radius 3 is 2.57 bits per heavy atom. The number of benzene rings is 2. The van der Waals surface area contributed by atoms with Gasteiger partial charge in [0.15, 0.2) is 6.61 Å². The van der Waals surface area contributed by atoms with Crippen LogP contribution in [-0.2, 0) is 4.79 Å². The van der Waals surface area contributed by atoms with Crippen LogP contribution in [0.4, 0.5) is 6.01 Å². The molecule has 3 rings (SSSR count). The second-order valence-electron chi connectivity index (χ2n) is 4.57. The van der Waals surface area contributed by atoms with Crippen molar-refractivity contribution in [3.05, 3.63) is 59.6 Å². The van der Waals surface area contributed by atoms with Gasteiger partial charge in [0, 0.05) is 10.6 Å². The lowest BCUT2D eigenvalue weighted by Gasteiger charge is -2.05. The Kier molecular flexibility index (Phi) is 4.54. The number of aromatic nitrogens is 2. The van der Waals surface area contributed by atoms with Crippen molar-refractivity contribution in [1.29, 1.82) is 0 Å². The zero-order valence-electron chi connectivity index (χ0n) is 11.9. The van der Waals surface area contributed by atoms with Crippen LogP contribution in [0, 0.1) is 0 Å². The lowest BCUT2D eigenvalue weighted by Crippen LogP contribution is -2.20. The summed E-state index contributed by atoms with van der Waals surface area (Å²) in [5.41, 5.74) is 0.776. The molecule has 0 fully saturated rings. The molecule has 0 radical (unpaired) electrons. The molecular formula is C16H12ClN3O3. The van der Waals surface area contributed by atoms with Gasteiger partial charge in [0.25, 0.3) is 5.91 Å². The van der Waals surface area contributed by atoms with E-state index < -0.39 is 5.91 Å². The highest BCUT2D eigenvalue weighted by Crippen LogP contribution is 2.19. The molecule has 1 aromatic heterocycles. The molecule has 1 N–H and O–H groups in total. The van der Waals surface area contributed by atoms with Gasteiger partial charge >= 0.3 is 6.01 Å². The molecule has 7 heteroatoms. The number of carbonyl (C=O) groups is 1. The summed E-state index contributed by atoms with van der Waals surface area (Å²) in [6.45, 7) is -0.176. The van der Waals surface area contributed by atoms with Crippen molar-refractivity contribution in [2.45, 2.75) is 0 Å². The van der Waals surface area contributed by atoms with Crippen LogP contribution in [0.2, 0.25) is 5.02 Å². The maximum Gasteiger partial charge on any atom is 0.322 e. The summed E-state index contributed by atoms with van der Waals surface area (Å²) >= 11 is 5.77. The summed E-state index contributed by atoms with van der Waals surface area (Å²) in [4.78, 5) is 11.8. The van der Waals surface area contributed by atoms with Gasteiger partial charge in [-0.15, -0.1) is 5.10 Å². The van der Waals surface area contributed by atoms with Gasteiger partial charge in [-0.25, -0.2) is 0 Å². The van der Waals surface area contributed by atoms with Crippen LogP contribution < -0.4 is 10.1 Å². The van der Waals surface area contributed by atoms with Gasteiger partial charge in [-0.2, -0.15) is 0 Å². The molecule has 0 saturated carbocycles. The molecule has 116 valence electrons. The van der Waals surface area contributed by atoms with Gasteiger partial charge in [0.05, 0.1) is 0 Å². The molecule has 0 aliphatic heterocycles. The number of anilines is 1. The molecule has 3 aromatic rings. The molecule has 0 unspecified atom stereocenters. The lowest BCUT2D eigenvalue weighted by molar-refractivity contribution is -0.118. The quantitative estimate of drug-likeness (QED) is 0.776. The lowest BCUT2D eigenvalue weighted by atomic mass is 10.2. The molecule has 0 aliphatic carbocycles. The van der Waals surface area contributed by atoms with Gasteiger partial charge in [0.1, 0.15) is 5.75 Å². The molecule has 0 spiro atoms. The number of hydrogen-bond donors (Lipinski definition) is 1. The van der Waals surface area contributed by atoms with E-state index in [9.17, 15) is 4.79 Å². The highest BCUT2D eigenvalue weighted by molar-refractivity contribution is 6.30. The van der Waals surface area contributed by atoms with Crippen molar-refractivity contribution in [3.63, 3.8) is 0 Å². The van der Waals surface area contributed by atoms with Crippen LogP contribution in [0.15, 0.2) is 59.0 Å². The minimum atomic E-state index is -0.400. The Balaban J connectivity index is 1.56. The van der Waals surface area contributed by atoms with Crippen LogP contribution >= 0.6 is 11.6 Å². The van der Waals surface area contributed by atoms with E-state index in [-0.39, 0.29) is 12.6 Å². The molecule has 1 amide bonds. The summed E-state index contributed by atoms with van der Waals surface area (Å²) in [5.74, 6) is 0.475. The summed E-state index contributed by atoms with van der Waals surface area (Å²) in [6.07, 6.45) is 0. The minimum Gasteiger partial charge on any atom is -0.484 e. The fourth-order valence-corrected chi connectivity index (χ4v) is 1.93. The SMILES string of the molecule is O=C(COc1ccc(Cl)cc1)Nc1nnc(-c2ccccc2)o1. The van der Waals surface area contributed by atoms with E-state index >= 15 is 0 Å². The number of ether oxygens (including phenoxy) is 1. The molecular weight excluding hydrogens is 318 g/mol. The fraction of sp³-hybridized carbons (Fsp3) is 0.0625. The first kappa shape index (κ1) is 15.1. The molecule has 0 aliphatic rings. The third kappa shape index (κ3) is 4.08. The Labute approximate surface area is 137 Å². The number of hydrogen-bond acceptors (Lipinski definition) is 5. The minimum absolute atomic E-state index is 0.0218. The second kappa shape index (κ2) is 6.93. The van der Waals surface area contributed by atoms with E-state index in [1.165, 1.54) is 0 Å². The molecule has 1 heterocycles. The first-order valence-corrected chi connectivity index (χ1v) is 7.15. The van der Waals surface area contributed by atoms with E-state index in [1.807, 2.05) is 30.3 Å². The van der Waals surface area contributed by atoms with Crippen LogP contribution in [-0.4, -0.2) is 22.7 Å². The molecule has 0 bridgehead atoms. The summed E-state index contributed by atoms with van der Waals surface area (Å²) in [7, 11) is 0. The van der Waals surface area contributed by atoms with Crippen LogP contribution in [0.25, 0.3) is 11.5 Å². The molecule has 0 atom stereocenters. The third-order valence-electron chi connectivity index (χ3n) is 2.88. The van der Waals surface area contributed by atoms with Gasteiger partial charge < -0.3 is 9.15 Å². The smallest absolute Gasteiger partial charge is 0.322 e. The van der Waals surface area contributed by atoms with Crippen molar-refractivity contribution in [2.24, 2.45) is 0 Å². The predicted molar refractivity (Wildman–Crippen MR) is 85.3 cm³/mol. The molecule has 2 aromatic carbocycles. The largest absolute Gasteiger partial charge is 0.484 e. The number of rotatable bonds is 5. The zero-order valence-corrected chi connectivity index (χ0v) is 12.7. The summed E-state index contributed by atoms with van der Waals surface area (Å²) in [5, 5.41) is 10.7. The monoisotopic (exact) mass is 329 g/mol. The van der Waals surface area contributed by atoms with E-state index in [0.29, 0.717) is 16.7 Å². The van der Waals surface area contributed by atoms with Gasteiger partial charge in [-0.05, 0) is 36.4 Å². The van der Waals surface area contributed by atoms with Crippen molar-refractivity contribution < 1.29 is 13.9 Å². The molecule has 23 heavy (non-hydrogen) atoms. The normalized spacial score (nSPS) is 10.3. The number of halogens is 1. The standard InChI is InChI=1S/C16H12ClN3O3/c17-12-6-8-13(9-7-12)22-10-14(21)18-16-20-19-15(23-16)11-4-2-1-3-5-11/h1-9H,10H2,(H,18,20,21). The molecule has 0 saturated heterocycles. The topological polar surface area (TPSA) is 77.2 Å². The highest BCUT2D eigenvalue weighted by Gasteiger charge is 2.11. The number of nitrogens with one attached hydrogen (secondary N) is 1. The van der Waals surface area contributed by atoms with Crippen molar-refractivity contribution in [3.8, 4) is 17.2 Å². The Hall–Kier alpha value is -2.86. The van der Waals surface area contributed by atoms with E-state index in [2.05, 4.69) is 15.5 Å². The van der Waals surface area contributed by atoms with E-state index in [0.717, 1.165) is 5.56 Å². The average Bonchev–Trinajstić information content (AvgIpc) is 3.04. The maximum atomic E-state index is 11.8. The third-order valence-corrected chi connectivity index (χ3v) is 3.13. The first-order valence-electron chi connectivity index (χ1n) is 6.78. The van der Waals surface area contributed by atoms with E-state index in [1.54, 1.807) is 24.3 Å². The van der Waals surface area contributed by atoms with Crippen molar-refractivity contribution >= 4 is 23.5 Å². The Morgan fingerprint density at radius 1 is 1.09 bits per heavy atom. The summed E-state index contributed by atoms with van der Waals surface area (Å²) in [6, 6.07) is 16.0. The number of carbonyl (C=O) groups excluding carboxylic acids is 1. The van der Waals surface area contributed by atoms with Crippen LogP contribution in [0.1, 0.15) is 0 Å². The fourth-order valence-electron chi connectivity index (χ4n) is 1.81. The first-order chi connectivity index (χ1) is 11.2. The second-order valence-corrected chi connectivity index (χ2v) is 5.01. The maximum absolute atomic E-state index is 11.8. The zero-order chi connectivity index (χ0) is 16.1. The van der Waals surface area contributed by atoms with Crippen LogP contribution in [0.3, 0.4) is 0 Å². The average molecular weight is 330 g/mol. The predicted octanol–water partition coefficient (Wildman–Crippen LogP) is 3.41. The highest BCUT2D eigenvalue weighted by atomic mass is 35.5. The van der Waals surface area contributed by atoms with Gasteiger partial charge in [-0.1, -0.05) is 34.9 Å². The van der Waals surface area contributed by atoms with Crippen LogP contribution in [0.5, 0.6) is 5.75 Å². The summed E-state index contributed by atoms with van der Waals surface area (Å²) < 4.78 is 10.7.